The Labute approximate surface area is 200 Å². The molecule has 0 radical (unpaired) electrons. The lowest BCUT2D eigenvalue weighted by atomic mass is 9.97. The van der Waals surface area contributed by atoms with Crippen molar-refractivity contribution in [2.45, 2.75) is 58.7 Å². The first-order valence-corrected chi connectivity index (χ1v) is 12.4. The smallest absolute Gasteiger partial charge is 0.354 e. The number of piperidine rings is 1. The Balaban J connectivity index is 1.41. The highest BCUT2D eigenvalue weighted by Crippen LogP contribution is 2.29. The van der Waals surface area contributed by atoms with Gasteiger partial charge in [0.15, 0.2) is 0 Å². The Morgan fingerprint density at radius 1 is 1.26 bits per heavy atom. The molecule has 0 unspecified atom stereocenters. The van der Waals surface area contributed by atoms with Gasteiger partial charge in [-0.25, -0.2) is 9.50 Å². The Morgan fingerprint density at radius 2 is 2.00 bits per heavy atom. The van der Waals surface area contributed by atoms with Crippen LogP contribution in [-0.4, -0.2) is 50.0 Å². The minimum absolute atomic E-state index is 0.0924. The van der Waals surface area contributed by atoms with Crippen LogP contribution < -0.4 is 5.32 Å². The lowest BCUT2D eigenvalue weighted by Gasteiger charge is -2.36. The van der Waals surface area contributed by atoms with E-state index < -0.39 is 12.0 Å². The normalized spacial score (nSPS) is 16.8. The molecule has 1 aliphatic heterocycles. The van der Waals surface area contributed by atoms with Crippen LogP contribution in [0.2, 0.25) is 0 Å². The molecule has 1 atom stereocenters. The molecule has 0 aliphatic carbocycles. The first-order valence-electron chi connectivity index (χ1n) is 11.5. The second-order valence-corrected chi connectivity index (χ2v) is 9.94. The van der Waals surface area contributed by atoms with Gasteiger partial charge in [-0.15, -0.1) is 16.4 Å². The second kappa shape index (κ2) is 9.99. The number of nitrogens with one attached hydrogen (secondary N) is 1. The Hall–Kier alpha value is -2.53. The lowest BCUT2D eigenvalue weighted by Crippen LogP contribution is -2.41. The molecule has 4 heterocycles. The number of aromatic nitrogens is 4. The fraction of sp³-hybridized carbons (Fsp3) is 0.565. The number of hydrogen-bond acceptors (Lipinski definition) is 6. The largest absolute Gasteiger partial charge is 0.453 e. The molecule has 0 spiro atoms. The van der Waals surface area contributed by atoms with Crippen molar-refractivity contribution in [1.29, 1.82) is 0 Å². The summed E-state index contributed by atoms with van der Waals surface area (Å²) in [6, 6.07) is 4.29. The van der Waals surface area contributed by atoms with Gasteiger partial charge < -0.3 is 5.32 Å². The number of amides is 1. The van der Waals surface area contributed by atoms with E-state index >= 15 is 0 Å². The van der Waals surface area contributed by atoms with Crippen molar-refractivity contribution in [3.8, 4) is 0 Å². The standard InChI is InChI=1S/C23H29F3N6OS/c1-14-8-10-31(11-9-14)18(19-5-4-12-34-19)13-27-20(33)7-6-17-15(2)28-22-29-21(23(24,25)26)30-32(22)16(17)3/h4-5,12,14,18H,6-11,13H2,1-3H3,(H,27,33)/t18-/m0/s1. The molecule has 3 aromatic rings. The van der Waals surface area contributed by atoms with E-state index in [0.717, 1.165) is 36.4 Å². The number of halogens is 3. The van der Waals surface area contributed by atoms with Gasteiger partial charge >= 0.3 is 6.18 Å². The zero-order chi connectivity index (χ0) is 24.5. The summed E-state index contributed by atoms with van der Waals surface area (Å²) in [5, 5.41) is 8.70. The molecule has 184 valence electrons. The maximum absolute atomic E-state index is 13.0. The Bertz CT molecular complexity index is 1140. The molecule has 3 aromatic heterocycles. The maximum atomic E-state index is 13.0. The highest BCUT2D eigenvalue weighted by atomic mass is 32.1. The van der Waals surface area contributed by atoms with Crippen molar-refractivity contribution in [3.05, 3.63) is 45.2 Å². The summed E-state index contributed by atoms with van der Waals surface area (Å²) in [6.07, 6.45) is -1.76. The van der Waals surface area contributed by atoms with Crippen LogP contribution in [-0.2, 0) is 17.4 Å². The number of fused-ring (bicyclic) bond motifs is 1. The van der Waals surface area contributed by atoms with Gasteiger partial charge in [0.05, 0.1) is 6.04 Å². The second-order valence-electron chi connectivity index (χ2n) is 8.96. The number of carbonyl (C=O) groups excluding carboxylic acids is 1. The van der Waals surface area contributed by atoms with E-state index in [2.05, 4.69) is 43.7 Å². The molecular formula is C23H29F3N6OS. The van der Waals surface area contributed by atoms with Crippen LogP contribution >= 0.6 is 11.3 Å². The third-order valence-corrected chi connectivity index (χ3v) is 7.50. The van der Waals surface area contributed by atoms with Crippen molar-refractivity contribution in [3.63, 3.8) is 0 Å². The van der Waals surface area contributed by atoms with Gasteiger partial charge in [-0.2, -0.15) is 18.2 Å². The summed E-state index contributed by atoms with van der Waals surface area (Å²) < 4.78 is 40.1. The number of hydrogen-bond donors (Lipinski definition) is 1. The molecule has 1 amide bonds. The Morgan fingerprint density at radius 3 is 2.65 bits per heavy atom. The van der Waals surface area contributed by atoms with Crippen LogP contribution in [0.3, 0.4) is 0 Å². The molecule has 4 rings (SSSR count). The van der Waals surface area contributed by atoms with E-state index in [1.165, 1.54) is 4.88 Å². The van der Waals surface area contributed by atoms with Gasteiger partial charge in [-0.05, 0) is 69.1 Å². The summed E-state index contributed by atoms with van der Waals surface area (Å²) in [6.45, 7) is 8.23. The quantitative estimate of drug-likeness (QED) is 0.529. The van der Waals surface area contributed by atoms with E-state index in [1.807, 2.05) is 6.07 Å². The first kappa shape index (κ1) is 24.6. The predicted octanol–water partition coefficient (Wildman–Crippen LogP) is 4.34. The van der Waals surface area contributed by atoms with Crippen LogP contribution in [0, 0.1) is 19.8 Å². The average molecular weight is 495 g/mol. The molecule has 11 heteroatoms. The van der Waals surface area contributed by atoms with E-state index in [4.69, 9.17) is 0 Å². The summed E-state index contributed by atoms with van der Waals surface area (Å²) >= 11 is 1.70. The number of aryl methyl sites for hydroxylation is 2. The van der Waals surface area contributed by atoms with E-state index in [9.17, 15) is 18.0 Å². The average Bonchev–Trinajstić information content (AvgIpc) is 3.45. The van der Waals surface area contributed by atoms with Crippen LogP contribution in [0.15, 0.2) is 17.5 Å². The fourth-order valence-electron chi connectivity index (χ4n) is 4.46. The highest BCUT2D eigenvalue weighted by molar-refractivity contribution is 7.10. The highest BCUT2D eigenvalue weighted by Gasteiger charge is 2.37. The van der Waals surface area contributed by atoms with E-state index in [0.29, 0.717) is 29.9 Å². The molecule has 0 aromatic carbocycles. The predicted molar refractivity (Wildman–Crippen MR) is 124 cm³/mol. The molecular weight excluding hydrogens is 465 g/mol. The van der Waals surface area contributed by atoms with E-state index in [-0.39, 0.29) is 24.1 Å². The minimum atomic E-state index is -4.64. The van der Waals surface area contributed by atoms with Crippen molar-refractivity contribution in [1.82, 2.24) is 29.8 Å². The maximum Gasteiger partial charge on any atom is 0.453 e. The van der Waals surface area contributed by atoms with Crippen molar-refractivity contribution in [2.75, 3.05) is 19.6 Å². The molecule has 34 heavy (non-hydrogen) atoms. The van der Waals surface area contributed by atoms with Crippen LogP contribution in [0.25, 0.3) is 5.78 Å². The monoisotopic (exact) mass is 494 g/mol. The molecule has 0 saturated carbocycles. The van der Waals surface area contributed by atoms with Gasteiger partial charge in [0, 0.05) is 29.2 Å². The van der Waals surface area contributed by atoms with Crippen molar-refractivity contribution in [2.24, 2.45) is 5.92 Å². The summed E-state index contributed by atoms with van der Waals surface area (Å²) in [5.41, 5.74) is 1.77. The van der Waals surface area contributed by atoms with Gasteiger partial charge in [0.2, 0.25) is 5.91 Å². The number of thiophene rings is 1. The summed E-state index contributed by atoms with van der Waals surface area (Å²) in [7, 11) is 0. The van der Waals surface area contributed by atoms with E-state index in [1.54, 1.807) is 25.2 Å². The zero-order valence-corrected chi connectivity index (χ0v) is 20.3. The van der Waals surface area contributed by atoms with Crippen LogP contribution in [0.4, 0.5) is 13.2 Å². The Kier molecular flexibility index (Phi) is 7.22. The summed E-state index contributed by atoms with van der Waals surface area (Å²) in [4.78, 5) is 24.1. The third-order valence-electron chi connectivity index (χ3n) is 6.53. The van der Waals surface area contributed by atoms with Crippen LogP contribution in [0.5, 0.6) is 0 Å². The lowest BCUT2D eigenvalue weighted by molar-refractivity contribution is -0.144. The van der Waals surface area contributed by atoms with Gasteiger partial charge in [-0.3, -0.25) is 9.69 Å². The summed E-state index contributed by atoms with van der Waals surface area (Å²) in [5.74, 6) is -0.681. The topological polar surface area (TPSA) is 75.4 Å². The molecule has 1 fully saturated rings. The van der Waals surface area contributed by atoms with Crippen molar-refractivity contribution < 1.29 is 18.0 Å². The van der Waals surface area contributed by atoms with Crippen molar-refractivity contribution >= 4 is 23.0 Å². The van der Waals surface area contributed by atoms with Gasteiger partial charge in [0.1, 0.15) is 0 Å². The number of carbonyl (C=O) groups is 1. The number of likely N-dealkylation sites (tertiary alicyclic amines) is 1. The molecule has 7 nitrogen and oxygen atoms in total. The fourth-order valence-corrected chi connectivity index (χ4v) is 5.32. The third kappa shape index (κ3) is 5.41. The van der Waals surface area contributed by atoms with Crippen LogP contribution in [0.1, 0.15) is 59.9 Å². The molecule has 0 bridgehead atoms. The minimum Gasteiger partial charge on any atom is -0.354 e. The number of rotatable bonds is 7. The first-order chi connectivity index (χ1) is 16.1. The number of alkyl halides is 3. The molecule has 1 saturated heterocycles. The molecule has 1 N–H and O–H groups in total. The van der Waals surface area contributed by atoms with Gasteiger partial charge in [0.25, 0.3) is 11.6 Å². The SMILES string of the molecule is Cc1nc2nc(C(F)(F)F)nn2c(C)c1CCC(=O)NC[C@@H](c1cccs1)N1CCC(C)CC1. The zero-order valence-electron chi connectivity index (χ0n) is 19.5. The molecule has 1 aliphatic rings. The van der Waals surface area contributed by atoms with Gasteiger partial charge in [-0.1, -0.05) is 13.0 Å². The number of nitrogens with zero attached hydrogens (tertiary/aromatic N) is 5.